The molecular formula is C19H22ClNO. The lowest BCUT2D eigenvalue weighted by atomic mass is 9.89. The monoisotopic (exact) mass is 315 g/mol. The van der Waals surface area contributed by atoms with Crippen molar-refractivity contribution in [3.63, 3.8) is 0 Å². The summed E-state index contributed by atoms with van der Waals surface area (Å²) in [6.07, 6.45) is 2.59. The van der Waals surface area contributed by atoms with Crippen LogP contribution in [0.15, 0.2) is 48.5 Å². The maximum absolute atomic E-state index is 6.05. The maximum Gasteiger partial charge on any atom is 0.0720 e. The molecule has 1 N–H and O–H groups in total. The molecule has 1 aliphatic rings. The molecule has 0 aromatic heterocycles. The molecule has 0 unspecified atom stereocenters. The molecule has 3 rings (SSSR count). The van der Waals surface area contributed by atoms with Crippen molar-refractivity contribution in [2.24, 2.45) is 0 Å². The summed E-state index contributed by atoms with van der Waals surface area (Å²) in [5, 5.41) is 4.42. The third kappa shape index (κ3) is 4.10. The van der Waals surface area contributed by atoms with Gasteiger partial charge in [-0.2, -0.15) is 0 Å². The van der Waals surface area contributed by atoms with E-state index in [0.717, 1.165) is 30.0 Å². The SMILES string of the molecule is Cc1cc(CNC2CC(OCc3ccccc3)C2)ccc1Cl. The van der Waals surface area contributed by atoms with Crippen LogP contribution in [0.3, 0.4) is 0 Å². The lowest BCUT2D eigenvalue weighted by molar-refractivity contribution is -0.0269. The zero-order valence-electron chi connectivity index (χ0n) is 12.9. The summed E-state index contributed by atoms with van der Waals surface area (Å²) < 4.78 is 5.92. The van der Waals surface area contributed by atoms with Crippen LogP contribution in [0, 0.1) is 6.92 Å². The fourth-order valence-electron chi connectivity index (χ4n) is 2.74. The van der Waals surface area contributed by atoms with Gasteiger partial charge in [-0.25, -0.2) is 0 Å². The number of nitrogens with one attached hydrogen (secondary N) is 1. The molecule has 1 aliphatic carbocycles. The highest BCUT2D eigenvalue weighted by Gasteiger charge is 2.29. The topological polar surface area (TPSA) is 21.3 Å². The fraction of sp³-hybridized carbons (Fsp3) is 0.368. The molecule has 1 saturated carbocycles. The van der Waals surface area contributed by atoms with Gasteiger partial charge in [-0.3, -0.25) is 0 Å². The van der Waals surface area contributed by atoms with Crippen LogP contribution in [-0.4, -0.2) is 12.1 Å². The number of rotatable bonds is 6. The van der Waals surface area contributed by atoms with E-state index in [1.54, 1.807) is 0 Å². The summed E-state index contributed by atoms with van der Waals surface area (Å²) in [6.45, 7) is 3.66. The minimum absolute atomic E-state index is 0.393. The van der Waals surface area contributed by atoms with Gasteiger partial charge in [-0.05, 0) is 42.5 Å². The summed E-state index contributed by atoms with van der Waals surface area (Å²) in [5.74, 6) is 0. The molecule has 0 bridgehead atoms. The van der Waals surface area contributed by atoms with E-state index in [1.165, 1.54) is 11.1 Å². The second-order valence-electron chi connectivity index (χ2n) is 6.05. The van der Waals surface area contributed by atoms with E-state index in [2.05, 4.69) is 41.7 Å². The van der Waals surface area contributed by atoms with Crippen molar-refractivity contribution in [2.45, 2.75) is 45.1 Å². The van der Waals surface area contributed by atoms with Crippen LogP contribution in [0.4, 0.5) is 0 Å². The first-order valence-corrected chi connectivity index (χ1v) is 8.22. The van der Waals surface area contributed by atoms with Gasteiger partial charge >= 0.3 is 0 Å². The number of hydrogen-bond acceptors (Lipinski definition) is 2. The normalized spacial score (nSPS) is 20.6. The van der Waals surface area contributed by atoms with Crippen LogP contribution < -0.4 is 5.32 Å². The number of halogens is 1. The summed E-state index contributed by atoms with van der Waals surface area (Å²) in [5.41, 5.74) is 3.67. The van der Waals surface area contributed by atoms with Crippen LogP contribution in [0.5, 0.6) is 0 Å². The molecule has 0 atom stereocenters. The molecule has 2 aromatic carbocycles. The van der Waals surface area contributed by atoms with Gasteiger partial charge in [-0.15, -0.1) is 0 Å². The third-order valence-electron chi connectivity index (χ3n) is 4.24. The van der Waals surface area contributed by atoms with Crippen molar-refractivity contribution in [3.8, 4) is 0 Å². The van der Waals surface area contributed by atoms with E-state index >= 15 is 0 Å². The Balaban J connectivity index is 1.36. The third-order valence-corrected chi connectivity index (χ3v) is 4.66. The molecular weight excluding hydrogens is 294 g/mol. The highest BCUT2D eigenvalue weighted by Crippen LogP contribution is 2.25. The lowest BCUT2D eigenvalue weighted by Gasteiger charge is -2.36. The van der Waals surface area contributed by atoms with Crippen molar-refractivity contribution >= 4 is 11.6 Å². The minimum Gasteiger partial charge on any atom is -0.373 e. The zero-order valence-corrected chi connectivity index (χ0v) is 13.6. The Morgan fingerprint density at radius 3 is 2.59 bits per heavy atom. The number of benzene rings is 2. The largest absolute Gasteiger partial charge is 0.373 e. The quantitative estimate of drug-likeness (QED) is 0.848. The first-order valence-electron chi connectivity index (χ1n) is 7.84. The van der Waals surface area contributed by atoms with E-state index in [9.17, 15) is 0 Å². The highest BCUT2D eigenvalue weighted by atomic mass is 35.5. The molecule has 0 heterocycles. The van der Waals surface area contributed by atoms with Crippen molar-refractivity contribution in [3.05, 3.63) is 70.2 Å². The van der Waals surface area contributed by atoms with Crippen LogP contribution in [0.25, 0.3) is 0 Å². The predicted molar refractivity (Wildman–Crippen MR) is 91.1 cm³/mol. The van der Waals surface area contributed by atoms with E-state index < -0.39 is 0 Å². The van der Waals surface area contributed by atoms with Crippen molar-refractivity contribution < 1.29 is 4.74 Å². The molecule has 1 fully saturated rings. The number of hydrogen-bond donors (Lipinski definition) is 1. The van der Waals surface area contributed by atoms with Gasteiger partial charge in [0.15, 0.2) is 0 Å². The molecule has 2 nitrogen and oxygen atoms in total. The van der Waals surface area contributed by atoms with E-state index in [-0.39, 0.29) is 0 Å². The molecule has 116 valence electrons. The van der Waals surface area contributed by atoms with Gasteiger partial charge in [0.2, 0.25) is 0 Å². The second kappa shape index (κ2) is 7.28. The van der Waals surface area contributed by atoms with E-state index in [1.807, 2.05) is 19.1 Å². The molecule has 0 amide bonds. The minimum atomic E-state index is 0.393. The Hall–Kier alpha value is -1.35. The Morgan fingerprint density at radius 2 is 1.86 bits per heavy atom. The fourth-order valence-corrected chi connectivity index (χ4v) is 2.85. The molecule has 3 heteroatoms. The molecule has 2 aromatic rings. The predicted octanol–water partition coefficient (Wildman–Crippen LogP) is 4.49. The zero-order chi connectivity index (χ0) is 15.4. The average Bonchev–Trinajstić information content (AvgIpc) is 2.49. The van der Waals surface area contributed by atoms with Gasteiger partial charge in [0, 0.05) is 17.6 Å². The Labute approximate surface area is 137 Å². The van der Waals surface area contributed by atoms with Gasteiger partial charge in [-0.1, -0.05) is 54.1 Å². The van der Waals surface area contributed by atoms with Crippen LogP contribution >= 0.6 is 11.6 Å². The lowest BCUT2D eigenvalue weighted by Crippen LogP contribution is -2.45. The Morgan fingerprint density at radius 1 is 1.09 bits per heavy atom. The van der Waals surface area contributed by atoms with Crippen LogP contribution in [-0.2, 0) is 17.9 Å². The van der Waals surface area contributed by atoms with E-state index in [4.69, 9.17) is 16.3 Å². The molecule has 0 saturated heterocycles. The van der Waals surface area contributed by atoms with Crippen LogP contribution in [0.2, 0.25) is 5.02 Å². The molecule has 22 heavy (non-hydrogen) atoms. The first-order chi connectivity index (χ1) is 10.7. The number of ether oxygens (including phenoxy) is 1. The van der Waals surface area contributed by atoms with Gasteiger partial charge in [0.25, 0.3) is 0 Å². The smallest absolute Gasteiger partial charge is 0.0720 e. The summed E-state index contributed by atoms with van der Waals surface area (Å²) in [4.78, 5) is 0. The van der Waals surface area contributed by atoms with Crippen molar-refractivity contribution in [1.29, 1.82) is 0 Å². The van der Waals surface area contributed by atoms with Crippen LogP contribution in [0.1, 0.15) is 29.5 Å². The van der Waals surface area contributed by atoms with Gasteiger partial charge in [0.1, 0.15) is 0 Å². The van der Waals surface area contributed by atoms with Gasteiger partial charge < -0.3 is 10.1 Å². The molecule has 0 spiro atoms. The van der Waals surface area contributed by atoms with Crippen molar-refractivity contribution in [1.82, 2.24) is 5.32 Å². The summed E-state index contributed by atoms with van der Waals surface area (Å²) >= 11 is 6.05. The standard InChI is InChI=1S/C19H22ClNO/c1-14-9-16(7-8-19(14)20)12-21-17-10-18(11-17)22-13-15-5-3-2-4-6-15/h2-9,17-18,21H,10-13H2,1H3. The van der Waals surface area contributed by atoms with Gasteiger partial charge in [0.05, 0.1) is 12.7 Å². The van der Waals surface area contributed by atoms with E-state index in [0.29, 0.717) is 18.8 Å². The first kappa shape index (κ1) is 15.5. The summed E-state index contributed by atoms with van der Waals surface area (Å²) in [7, 11) is 0. The molecule has 0 radical (unpaired) electrons. The van der Waals surface area contributed by atoms with Crippen molar-refractivity contribution in [2.75, 3.05) is 0 Å². The maximum atomic E-state index is 6.05. The Kier molecular flexibility index (Phi) is 5.14. The second-order valence-corrected chi connectivity index (χ2v) is 6.46. The number of aryl methyl sites for hydroxylation is 1. The Bertz CT molecular complexity index is 608. The highest BCUT2D eigenvalue weighted by molar-refractivity contribution is 6.31. The molecule has 0 aliphatic heterocycles. The average molecular weight is 316 g/mol. The summed E-state index contributed by atoms with van der Waals surface area (Å²) in [6, 6.07) is 17.1.